The molecule has 0 aliphatic carbocycles. The first-order valence-electron chi connectivity index (χ1n) is 15.4. The third-order valence-electron chi connectivity index (χ3n) is 8.81. The van der Waals surface area contributed by atoms with Crippen LogP contribution in [0.2, 0.25) is 0 Å². The van der Waals surface area contributed by atoms with Gasteiger partial charge in [-0.15, -0.1) is 11.3 Å². The summed E-state index contributed by atoms with van der Waals surface area (Å²) in [4.78, 5) is 10.9. The van der Waals surface area contributed by atoms with Crippen LogP contribution in [-0.4, -0.2) is 20.2 Å². The lowest BCUT2D eigenvalue weighted by molar-refractivity contribution is 0.630. The minimum absolute atomic E-state index is 0.806. The zero-order chi connectivity index (χ0) is 30.9. The van der Waals surface area contributed by atoms with Gasteiger partial charge < -0.3 is 9.40 Å². The fourth-order valence-electron chi connectivity index (χ4n) is 6.63. The van der Waals surface area contributed by atoms with E-state index in [0.717, 1.165) is 85.9 Å². The van der Waals surface area contributed by atoms with Crippen LogP contribution in [0.4, 0.5) is 0 Å². The highest BCUT2D eigenvalue weighted by atomic mass is 32.2. The van der Waals surface area contributed by atoms with E-state index < -0.39 is 0 Å². The highest BCUT2D eigenvalue weighted by Gasteiger charge is 2.27. The molecule has 0 unspecified atom stereocenters. The molecule has 2 N–H and O–H groups in total. The quantitative estimate of drug-likeness (QED) is 0.196. The molecule has 7 heteroatoms. The zero-order valence-electron chi connectivity index (χ0n) is 24.8. The summed E-state index contributed by atoms with van der Waals surface area (Å²) in [7, 11) is 0. The number of fused-ring (bicyclic) bond motifs is 5. The van der Waals surface area contributed by atoms with Gasteiger partial charge in [-0.3, -0.25) is 5.10 Å². The van der Waals surface area contributed by atoms with Crippen LogP contribution in [0.5, 0.6) is 0 Å². The number of hydrogen-bond acceptors (Lipinski definition) is 5. The highest BCUT2D eigenvalue weighted by Crippen LogP contribution is 2.51. The summed E-state index contributed by atoms with van der Waals surface area (Å²) < 4.78 is 7.85. The normalized spacial score (nSPS) is 11.9. The Labute approximate surface area is 276 Å². The average molecular weight is 641 g/mol. The third kappa shape index (κ3) is 4.24. The van der Waals surface area contributed by atoms with Gasteiger partial charge in [0.05, 0.1) is 21.4 Å². The Morgan fingerprint density at radius 1 is 0.702 bits per heavy atom. The Hall–Kier alpha value is -5.63. The zero-order valence-corrected chi connectivity index (χ0v) is 26.5. The van der Waals surface area contributed by atoms with Gasteiger partial charge in [-0.2, -0.15) is 5.10 Å². The van der Waals surface area contributed by atoms with Crippen molar-refractivity contribution in [1.82, 2.24) is 20.2 Å². The Morgan fingerprint density at radius 3 is 2.36 bits per heavy atom. The summed E-state index contributed by atoms with van der Waals surface area (Å²) in [5, 5.41) is 16.0. The van der Waals surface area contributed by atoms with Gasteiger partial charge in [0.25, 0.3) is 0 Å². The lowest BCUT2D eigenvalue weighted by atomic mass is 9.97. The molecule has 0 amide bonds. The van der Waals surface area contributed by atoms with Crippen molar-refractivity contribution in [2.24, 2.45) is 0 Å². The summed E-state index contributed by atoms with van der Waals surface area (Å²) in [5.74, 6) is 0.806. The monoisotopic (exact) mass is 640 g/mol. The summed E-state index contributed by atoms with van der Waals surface area (Å²) in [5.41, 5.74) is 6.69. The van der Waals surface area contributed by atoms with Crippen LogP contribution in [0.25, 0.3) is 86.9 Å². The predicted molar refractivity (Wildman–Crippen MR) is 195 cm³/mol. The van der Waals surface area contributed by atoms with Crippen LogP contribution in [0, 0.1) is 0 Å². The van der Waals surface area contributed by atoms with E-state index in [1.165, 1.54) is 10.8 Å². The molecular formula is C40H24N4OS2. The molecule has 5 nitrogen and oxygen atoms in total. The van der Waals surface area contributed by atoms with Gasteiger partial charge in [0.15, 0.2) is 0 Å². The molecule has 0 fully saturated rings. The molecule has 4 heterocycles. The van der Waals surface area contributed by atoms with E-state index in [1.807, 2.05) is 18.2 Å². The van der Waals surface area contributed by atoms with Crippen molar-refractivity contribution < 1.29 is 4.42 Å². The molecule has 222 valence electrons. The predicted octanol–water partition coefficient (Wildman–Crippen LogP) is 11.7. The van der Waals surface area contributed by atoms with Crippen molar-refractivity contribution in [3.8, 4) is 33.3 Å². The Bertz CT molecular complexity index is 2730. The molecule has 0 atom stereocenters. The van der Waals surface area contributed by atoms with E-state index in [-0.39, 0.29) is 0 Å². The maximum absolute atomic E-state index is 6.72. The average Bonchev–Trinajstić information content (AvgIpc) is 3.92. The number of nitrogens with one attached hydrogen (secondary N) is 2. The first-order chi connectivity index (χ1) is 23.3. The van der Waals surface area contributed by atoms with Gasteiger partial charge in [-0.05, 0) is 52.6 Å². The second-order valence-corrected chi connectivity index (χ2v) is 13.7. The topological polar surface area (TPSA) is 70.5 Å². The number of aromatic nitrogens is 4. The van der Waals surface area contributed by atoms with Crippen LogP contribution in [0.3, 0.4) is 0 Å². The second kappa shape index (κ2) is 10.5. The van der Waals surface area contributed by atoms with Crippen LogP contribution in [0.15, 0.2) is 148 Å². The van der Waals surface area contributed by atoms with Gasteiger partial charge in [-0.1, -0.05) is 103 Å². The Morgan fingerprint density at radius 2 is 1.47 bits per heavy atom. The molecule has 0 saturated carbocycles. The Kier molecular flexibility index (Phi) is 5.91. The molecule has 0 saturated heterocycles. The van der Waals surface area contributed by atoms with Gasteiger partial charge in [-0.25, -0.2) is 4.98 Å². The molecule has 10 aromatic rings. The number of H-pyrrole nitrogens is 2. The number of thiazole rings is 1. The fourth-order valence-corrected chi connectivity index (χ4v) is 8.87. The summed E-state index contributed by atoms with van der Waals surface area (Å²) in [6.07, 6.45) is 2.08. The lowest BCUT2D eigenvalue weighted by Gasteiger charge is -2.16. The van der Waals surface area contributed by atoms with Crippen molar-refractivity contribution >= 4 is 76.7 Å². The number of aromatic amines is 2. The number of benzene rings is 6. The third-order valence-corrected chi connectivity index (χ3v) is 11.0. The molecule has 10 rings (SSSR count). The summed E-state index contributed by atoms with van der Waals surface area (Å²) in [6.45, 7) is 0. The van der Waals surface area contributed by atoms with Crippen LogP contribution >= 0.6 is 23.1 Å². The van der Waals surface area contributed by atoms with Crippen LogP contribution in [0.1, 0.15) is 0 Å². The van der Waals surface area contributed by atoms with E-state index in [1.54, 1.807) is 23.1 Å². The number of nitrogens with zero attached hydrogens (tertiary/aromatic N) is 2. The first-order valence-corrected chi connectivity index (χ1v) is 17.0. The van der Waals surface area contributed by atoms with E-state index in [0.29, 0.717) is 0 Å². The molecule has 47 heavy (non-hydrogen) atoms. The standard InChI is InChI=1S/C40H24N4OS2/c1-4-14-26-23(10-1)13-9-19-33(26)46-39-35(32-20-24-11-3-7-17-31(24)45-32)28(37-27-15-5-2-12-25(27)22-41-37)21-30-36(39)38(44-43-30)40-42-29-16-6-8-18-34(29)47-40/h1-22,41H,(H,43,44). The molecular weight excluding hydrogens is 617 g/mol. The molecule has 4 aromatic heterocycles. The summed E-state index contributed by atoms with van der Waals surface area (Å²) in [6, 6.07) is 44.4. The number of hydrogen-bond donors (Lipinski definition) is 2. The maximum atomic E-state index is 6.72. The molecule has 0 aliphatic rings. The van der Waals surface area contributed by atoms with Crippen molar-refractivity contribution in [2.45, 2.75) is 9.79 Å². The first kappa shape index (κ1) is 26.6. The lowest BCUT2D eigenvalue weighted by Crippen LogP contribution is -1.92. The fraction of sp³-hybridized carbons (Fsp3) is 0. The van der Waals surface area contributed by atoms with E-state index in [9.17, 15) is 0 Å². The van der Waals surface area contributed by atoms with Crippen molar-refractivity contribution in [2.75, 3.05) is 0 Å². The smallest absolute Gasteiger partial charge is 0.145 e. The van der Waals surface area contributed by atoms with Gasteiger partial charge >= 0.3 is 0 Å². The van der Waals surface area contributed by atoms with Crippen molar-refractivity contribution in [1.29, 1.82) is 0 Å². The van der Waals surface area contributed by atoms with Crippen LogP contribution < -0.4 is 0 Å². The van der Waals surface area contributed by atoms with E-state index >= 15 is 0 Å². The number of furan rings is 1. The van der Waals surface area contributed by atoms with Gasteiger partial charge in [0, 0.05) is 43.3 Å². The van der Waals surface area contributed by atoms with Crippen molar-refractivity contribution in [3.63, 3.8) is 0 Å². The highest BCUT2D eigenvalue weighted by molar-refractivity contribution is 8.00. The molecule has 0 aliphatic heterocycles. The minimum Gasteiger partial charge on any atom is -0.456 e. The van der Waals surface area contributed by atoms with E-state index in [4.69, 9.17) is 14.5 Å². The molecule has 0 spiro atoms. The SMILES string of the molecule is c1ccc2oc(-c3c(-c4[nH]cc5ccccc45)cc4[nH]nc(-c5nc6ccccc6s5)c4c3Sc3cccc4ccccc34)cc2c1. The van der Waals surface area contributed by atoms with Gasteiger partial charge in [0.2, 0.25) is 0 Å². The minimum atomic E-state index is 0.806. The van der Waals surface area contributed by atoms with Crippen molar-refractivity contribution in [3.05, 3.63) is 134 Å². The molecule has 6 aromatic carbocycles. The Balaban J connectivity index is 1.34. The van der Waals surface area contributed by atoms with E-state index in [2.05, 4.69) is 125 Å². The second-order valence-electron chi connectivity index (χ2n) is 11.6. The van der Waals surface area contributed by atoms with Crippen LogP contribution in [-0.2, 0) is 0 Å². The molecule has 0 bridgehead atoms. The number of rotatable bonds is 5. The molecule has 0 radical (unpaired) electrons. The van der Waals surface area contributed by atoms with Gasteiger partial charge in [0.1, 0.15) is 22.0 Å². The maximum Gasteiger partial charge on any atom is 0.145 e. The number of para-hydroxylation sites is 2. The summed E-state index contributed by atoms with van der Waals surface area (Å²) >= 11 is 3.42. The largest absolute Gasteiger partial charge is 0.456 e.